The maximum atomic E-state index is 10.7. The predicted octanol–water partition coefficient (Wildman–Crippen LogP) is 3.26. The van der Waals surface area contributed by atoms with Crippen LogP contribution in [0.25, 0.3) is 5.69 Å². The molecule has 19 heavy (non-hydrogen) atoms. The summed E-state index contributed by atoms with van der Waals surface area (Å²) in [7, 11) is 0. The summed E-state index contributed by atoms with van der Waals surface area (Å²) in [6.07, 6.45) is 2.19. The quantitative estimate of drug-likeness (QED) is 0.492. The molecule has 0 aliphatic carbocycles. The first-order chi connectivity index (χ1) is 9.02. The summed E-state index contributed by atoms with van der Waals surface area (Å²) in [5.74, 6) is 0.417. The van der Waals surface area contributed by atoms with E-state index < -0.39 is 4.92 Å². The van der Waals surface area contributed by atoms with E-state index in [1.165, 1.54) is 16.8 Å². The smallest absolute Gasteiger partial charge is 0.258 e. The zero-order valence-corrected chi connectivity index (χ0v) is 11.7. The van der Waals surface area contributed by atoms with E-state index in [9.17, 15) is 10.1 Å². The van der Waals surface area contributed by atoms with Crippen LogP contribution in [0.5, 0.6) is 0 Å². The highest BCUT2D eigenvalue weighted by atomic mass is 35.5. The Hall–Kier alpha value is -1.37. The van der Waals surface area contributed by atoms with Crippen LogP contribution >= 0.6 is 34.8 Å². The average Bonchev–Trinajstić information content (AvgIpc) is 2.77. The summed E-state index contributed by atoms with van der Waals surface area (Å²) in [4.78, 5) is 10.1. The Labute approximate surface area is 123 Å². The van der Waals surface area contributed by atoms with E-state index in [0.29, 0.717) is 23.7 Å². The number of benzene rings is 1. The molecule has 6 nitrogen and oxygen atoms in total. The molecule has 2 rings (SSSR count). The van der Waals surface area contributed by atoms with Crippen molar-refractivity contribution in [3.05, 3.63) is 44.2 Å². The minimum absolute atomic E-state index is 0.126. The number of non-ortho nitro benzene ring substituents is 1. The Balaban J connectivity index is 2.46. The SMILES string of the molecule is O=[N+]([O-])c1cc(Cl)c(-n2cc(CCCl)nn2)c(Cl)c1. The Morgan fingerprint density at radius 2 is 1.95 bits per heavy atom. The van der Waals surface area contributed by atoms with Crippen LogP contribution in [0.15, 0.2) is 18.3 Å². The molecule has 0 aliphatic heterocycles. The topological polar surface area (TPSA) is 73.8 Å². The van der Waals surface area contributed by atoms with Gasteiger partial charge in [-0.15, -0.1) is 16.7 Å². The van der Waals surface area contributed by atoms with Crippen molar-refractivity contribution in [2.24, 2.45) is 0 Å². The maximum absolute atomic E-state index is 10.7. The summed E-state index contributed by atoms with van der Waals surface area (Å²) in [5, 5.41) is 18.7. The molecule has 1 aromatic heterocycles. The summed E-state index contributed by atoms with van der Waals surface area (Å²) < 4.78 is 1.37. The van der Waals surface area contributed by atoms with Gasteiger partial charge in [0.1, 0.15) is 5.69 Å². The minimum Gasteiger partial charge on any atom is -0.258 e. The zero-order chi connectivity index (χ0) is 14.0. The molecule has 0 amide bonds. The fourth-order valence-corrected chi connectivity index (χ4v) is 2.34. The molecule has 1 aromatic carbocycles. The zero-order valence-electron chi connectivity index (χ0n) is 9.39. The van der Waals surface area contributed by atoms with Gasteiger partial charge >= 0.3 is 0 Å². The van der Waals surface area contributed by atoms with E-state index in [1.807, 2.05) is 0 Å². The second-order valence-electron chi connectivity index (χ2n) is 3.61. The highest BCUT2D eigenvalue weighted by Crippen LogP contribution is 2.32. The van der Waals surface area contributed by atoms with Crippen LogP contribution in [0.3, 0.4) is 0 Å². The van der Waals surface area contributed by atoms with E-state index in [-0.39, 0.29) is 15.7 Å². The van der Waals surface area contributed by atoms with Crippen molar-refractivity contribution in [3.63, 3.8) is 0 Å². The van der Waals surface area contributed by atoms with Crippen molar-refractivity contribution in [1.82, 2.24) is 15.0 Å². The van der Waals surface area contributed by atoms with Crippen LogP contribution in [0.4, 0.5) is 5.69 Å². The maximum Gasteiger partial charge on any atom is 0.272 e. The van der Waals surface area contributed by atoms with Crippen molar-refractivity contribution in [3.8, 4) is 5.69 Å². The average molecular weight is 322 g/mol. The second kappa shape index (κ2) is 5.73. The van der Waals surface area contributed by atoms with Gasteiger partial charge < -0.3 is 0 Å². The third-order valence-electron chi connectivity index (χ3n) is 2.33. The van der Waals surface area contributed by atoms with Gasteiger partial charge in [-0.2, -0.15) is 0 Å². The van der Waals surface area contributed by atoms with E-state index in [4.69, 9.17) is 34.8 Å². The fraction of sp³-hybridized carbons (Fsp3) is 0.200. The van der Waals surface area contributed by atoms with Gasteiger partial charge in [0.25, 0.3) is 5.69 Å². The number of hydrogen-bond acceptors (Lipinski definition) is 4. The van der Waals surface area contributed by atoms with Crippen LogP contribution < -0.4 is 0 Å². The van der Waals surface area contributed by atoms with E-state index in [0.717, 1.165) is 0 Å². The van der Waals surface area contributed by atoms with Gasteiger partial charge in [-0.25, -0.2) is 4.68 Å². The van der Waals surface area contributed by atoms with Gasteiger partial charge in [-0.1, -0.05) is 28.4 Å². The van der Waals surface area contributed by atoms with Crippen LogP contribution in [-0.2, 0) is 6.42 Å². The number of nitro benzene ring substituents is 1. The standard InChI is InChI=1S/C10H7Cl3N4O2/c11-2-1-6-5-16(15-14-6)10-8(12)3-7(17(18)19)4-9(10)13/h3-5H,1-2H2. The molecule has 0 saturated heterocycles. The lowest BCUT2D eigenvalue weighted by Gasteiger charge is -2.05. The van der Waals surface area contributed by atoms with Crippen LogP contribution in [0.2, 0.25) is 10.0 Å². The van der Waals surface area contributed by atoms with Crippen molar-refractivity contribution in [2.45, 2.75) is 6.42 Å². The number of aromatic nitrogens is 3. The molecule has 0 saturated carbocycles. The van der Waals surface area contributed by atoms with Crippen molar-refractivity contribution < 1.29 is 4.92 Å². The third kappa shape index (κ3) is 2.97. The Bertz CT molecular complexity index is 606. The predicted molar refractivity (Wildman–Crippen MR) is 72.5 cm³/mol. The van der Waals surface area contributed by atoms with Gasteiger partial charge in [-0.3, -0.25) is 10.1 Å². The van der Waals surface area contributed by atoms with E-state index in [1.54, 1.807) is 6.20 Å². The molecular formula is C10H7Cl3N4O2. The highest BCUT2D eigenvalue weighted by molar-refractivity contribution is 6.38. The highest BCUT2D eigenvalue weighted by Gasteiger charge is 2.17. The molecule has 1 heterocycles. The van der Waals surface area contributed by atoms with Crippen molar-refractivity contribution >= 4 is 40.5 Å². The Morgan fingerprint density at radius 1 is 1.32 bits per heavy atom. The monoisotopic (exact) mass is 320 g/mol. The summed E-state index contributed by atoms with van der Waals surface area (Å²) in [6.45, 7) is 0. The van der Waals surface area contributed by atoms with Gasteiger partial charge in [0.2, 0.25) is 0 Å². The first-order valence-corrected chi connectivity index (χ1v) is 6.43. The molecule has 100 valence electrons. The minimum atomic E-state index is -0.568. The third-order valence-corrected chi connectivity index (χ3v) is 3.10. The van der Waals surface area contributed by atoms with Gasteiger partial charge in [0, 0.05) is 24.4 Å². The summed E-state index contributed by atoms with van der Waals surface area (Å²) in [5.41, 5.74) is 0.850. The number of hydrogen-bond donors (Lipinski definition) is 0. The Kier molecular flexibility index (Phi) is 4.24. The molecule has 0 aliphatic rings. The lowest BCUT2D eigenvalue weighted by molar-refractivity contribution is -0.384. The molecule has 0 unspecified atom stereocenters. The lowest BCUT2D eigenvalue weighted by Crippen LogP contribution is -1.99. The normalized spacial score (nSPS) is 10.7. The van der Waals surface area contributed by atoms with Gasteiger partial charge in [-0.05, 0) is 0 Å². The molecule has 0 radical (unpaired) electrons. The number of nitro groups is 1. The van der Waals surface area contributed by atoms with Crippen molar-refractivity contribution in [1.29, 1.82) is 0 Å². The second-order valence-corrected chi connectivity index (χ2v) is 4.80. The number of halogens is 3. The lowest BCUT2D eigenvalue weighted by atomic mass is 10.3. The Morgan fingerprint density at radius 3 is 2.47 bits per heavy atom. The summed E-state index contributed by atoms with van der Waals surface area (Å²) in [6, 6.07) is 2.43. The molecular weight excluding hydrogens is 314 g/mol. The fourth-order valence-electron chi connectivity index (χ4n) is 1.50. The molecule has 0 spiro atoms. The van der Waals surface area contributed by atoms with Gasteiger partial charge in [0.15, 0.2) is 0 Å². The number of alkyl halides is 1. The van der Waals surface area contributed by atoms with Crippen LogP contribution in [-0.4, -0.2) is 25.8 Å². The number of nitrogens with zero attached hydrogens (tertiary/aromatic N) is 4. The largest absolute Gasteiger partial charge is 0.272 e. The van der Waals surface area contributed by atoms with E-state index >= 15 is 0 Å². The van der Waals surface area contributed by atoms with Crippen LogP contribution in [0, 0.1) is 10.1 Å². The number of rotatable bonds is 4. The molecule has 0 N–H and O–H groups in total. The first-order valence-electron chi connectivity index (χ1n) is 5.14. The summed E-state index contributed by atoms with van der Waals surface area (Å²) >= 11 is 17.6. The molecule has 0 bridgehead atoms. The van der Waals surface area contributed by atoms with Crippen LogP contribution in [0.1, 0.15) is 5.69 Å². The van der Waals surface area contributed by atoms with E-state index in [2.05, 4.69) is 10.3 Å². The number of aryl methyl sites for hydroxylation is 1. The van der Waals surface area contributed by atoms with Crippen molar-refractivity contribution in [2.75, 3.05) is 5.88 Å². The molecule has 0 fully saturated rings. The molecule has 2 aromatic rings. The van der Waals surface area contributed by atoms with Gasteiger partial charge in [0.05, 0.1) is 26.9 Å². The molecule has 0 atom stereocenters. The first kappa shape index (κ1) is 14.0. The molecule has 9 heteroatoms.